The van der Waals surface area contributed by atoms with E-state index in [1.807, 2.05) is 36.4 Å². The molecule has 0 saturated carbocycles. The Balaban J connectivity index is 1.57. The number of benzene rings is 2. The molecule has 28 heavy (non-hydrogen) atoms. The van der Waals surface area contributed by atoms with Crippen LogP contribution in [0.1, 0.15) is 47.7 Å². The van der Waals surface area contributed by atoms with E-state index >= 15 is 0 Å². The van der Waals surface area contributed by atoms with Gasteiger partial charge in [-0.2, -0.15) is 0 Å². The molecule has 1 aromatic heterocycles. The minimum atomic E-state index is -0.145. The molecule has 0 aliphatic rings. The molecule has 0 bridgehead atoms. The van der Waals surface area contributed by atoms with Crippen LogP contribution >= 0.6 is 0 Å². The highest BCUT2D eigenvalue weighted by molar-refractivity contribution is 6.05. The molecular formula is C24H27N3O. The average molecular weight is 374 g/mol. The van der Waals surface area contributed by atoms with Crippen LogP contribution in [0, 0.1) is 0 Å². The minimum absolute atomic E-state index is 0.145. The molecule has 0 fully saturated rings. The first-order valence-corrected chi connectivity index (χ1v) is 9.76. The van der Waals surface area contributed by atoms with Gasteiger partial charge in [-0.1, -0.05) is 62.4 Å². The van der Waals surface area contributed by atoms with E-state index in [2.05, 4.69) is 53.7 Å². The van der Waals surface area contributed by atoms with E-state index in [0.717, 1.165) is 36.3 Å². The number of carbonyl (C=O) groups excluding carboxylic acids is 1. The molecule has 0 aliphatic heterocycles. The zero-order valence-electron chi connectivity index (χ0n) is 16.5. The summed E-state index contributed by atoms with van der Waals surface area (Å²) in [5.41, 5.74) is 4.71. The molecule has 144 valence electrons. The number of para-hydroxylation sites is 1. The van der Waals surface area contributed by atoms with Crippen LogP contribution in [-0.2, 0) is 6.42 Å². The van der Waals surface area contributed by atoms with Gasteiger partial charge in [0.15, 0.2) is 0 Å². The quantitative estimate of drug-likeness (QED) is 0.513. The predicted molar refractivity (Wildman–Crippen MR) is 116 cm³/mol. The monoisotopic (exact) mass is 373 g/mol. The highest BCUT2D eigenvalue weighted by atomic mass is 16.1. The van der Waals surface area contributed by atoms with Crippen LogP contribution in [0.3, 0.4) is 0 Å². The maximum Gasteiger partial charge on any atom is 0.257 e. The number of nitrogens with one attached hydrogen (secondary N) is 2. The number of hydrogen-bond donors (Lipinski definition) is 2. The van der Waals surface area contributed by atoms with Crippen molar-refractivity contribution in [2.75, 3.05) is 17.2 Å². The summed E-state index contributed by atoms with van der Waals surface area (Å²) in [6, 6.07) is 20.2. The van der Waals surface area contributed by atoms with Gasteiger partial charge in [-0.25, -0.2) is 0 Å². The van der Waals surface area contributed by atoms with Gasteiger partial charge in [0, 0.05) is 24.6 Å². The van der Waals surface area contributed by atoms with Crippen LogP contribution in [0.25, 0.3) is 0 Å². The number of pyridine rings is 1. The lowest BCUT2D eigenvalue weighted by atomic mass is 10.0. The third-order valence-electron chi connectivity index (χ3n) is 4.65. The van der Waals surface area contributed by atoms with E-state index in [0.29, 0.717) is 11.5 Å². The van der Waals surface area contributed by atoms with E-state index in [-0.39, 0.29) is 5.91 Å². The van der Waals surface area contributed by atoms with Crippen molar-refractivity contribution in [3.05, 3.63) is 89.7 Å². The van der Waals surface area contributed by atoms with E-state index < -0.39 is 0 Å². The highest BCUT2D eigenvalue weighted by Gasteiger charge is 2.11. The smallest absolute Gasteiger partial charge is 0.257 e. The average Bonchev–Trinajstić information content (AvgIpc) is 2.72. The molecule has 1 heterocycles. The second kappa shape index (κ2) is 9.70. The van der Waals surface area contributed by atoms with E-state index in [9.17, 15) is 4.79 Å². The lowest BCUT2D eigenvalue weighted by molar-refractivity contribution is 0.102. The van der Waals surface area contributed by atoms with Crippen LogP contribution in [0.15, 0.2) is 73.1 Å². The summed E-state index contributed by atoms with van der Waals surface area (Å²) in [6.45, 7) is 5.07. The Labute approximate surface area is 167 Å². The summed E-state index contributed by atoms with van der Waals surface area (Å²) < 4.78 is 0. The maximum absolute atomic E-state index is 12.7. The van der Waals surface area contributed by atoms with Crippen LogP contribution in [0.4, 0.5) is 11.4 Å². The van der Waals surface area contributed by atoms with Gasteiger partial charge < -0.3 is 10.6 Å². The third-order valence-corrected chi connectivity index (χ3v) is 4.65. The van der Waals surface area contributed by atoms with Crippen LogP contribution < -0.4 is 10.6 Å². The summed E-state index contributed by atoms with van der Waals surface area (Å²) in [7, 11) is 0. The first kappa shape index (κ1) is 19.6. The Morgan fingerprint density at radius 3 is 2.54 bits per heavy atom. The van der Waals surface area contributed by atoms with Gasteiger partial charge in [-0.3, -0.25) is 9.78 Å². The molecule has 0 spiro atoms. The van der Waals surface area contributed by atoms with Gasteiger partial charge >= 0.3 is 0 Å². The summed E-state index contributed by atoms with van der Waals surface area (Å²) >= 11 is 0. The Kier molecular flexibility index (Phi) is 6.79. The Morgan fingerprint density at radius 2 is 1.75 bits per heavy atom. The van der Waals surface area contributed by atoms with E-state index in [1.165, 1.54) is 5.56 Å². The zero-order valence-corrected chi connectivity index (χ0v) is 16.5. The van der Waals surface area contributed by atoms with Crippen LogP contribution in [-0.4, -0.2) is 17.4 Å². The summed E-state index contributed by atoms with van der Waals surface area (Å²) in [5, 5.41) is 6.38. The molecule has 2 aromatic carbocycles. The minimum Gasteiger partial charge on any atom is -0.384 e. The van der Waals surface area contributed by atoms with Crippen molar-refractivity contribution in [2.24, 2.45) is 0 Å². The maximum atomic E-state index is 12.7. The van der Waals surface area contributed by atoms with Crippen molar-refractivity contribution < 1.29 is 4.79 Å². The molecule has 0 aliphatic carbocycles. The number of rotatable bonds is 8. The molecule has 3 rings (SSSR count). The van der Waals surface area contributed by atoms with Gasteiger partial charge in [-0.15, -0.1) is 0 Å². The standard InChI is InChI=1S/C24H27N3O/c1-18(2)22-12-6-7-13-23(22)27-24(28)20-15-21(17-25-16-20)26-14-8-11-19-9-4-3-5-10-19/h3-7,9-10,12-13,15-18,26H,8,11,14H2,1-2H3,(H,27,28). The van der Waals surface area contributed by atoms with Gasteiger partial charge in [0.25, 0.3) is 5.91 Å². The predicted octanol–water partition coefficient (Wildman–Crippen LogP) is 5.50. The van der Waals surface area contributed by atoms with Crippen LogP contribution in [0.2, 0.25) is 0 Å². The first-order chi connectivity index (χ1) is 13.6. The zero-order chi connectivity index (χ0) is 19.8. The third kappa shape index (κ3) is 5.43. The van der Waals surface area contributed by atoms with Crippen molar-refractivity contribution in [1.82, 2.24) is 4.98 Å². The van der Waals surface area contributed by atoms with Gasteiger partial charge in [0.2, 0.25) is 0 Å². The SMILES string of the molecule is CC(C)c1ccccc1NC(=O)c1cncc(NCCCc2ccccc2)c1. The number of nitrogens with zero attached hydrogens (tertiary/aromatic N) is 1. The van der Waals surface area contributed by atoms with Crippen molar-refractivity contribution in [3.8, 4) is 0 Å². The first-order valence-electron chi connectivity index (χ1n) is 9.76. The number of aryl methyl sites for hydroxylation is 1. The van der Waals surface area contributed by atoms with Crippen molar-refractivity contribution >= 4 is 17.3 Å². The van der Waals surface area contributed by atoms with Crippen LogP contribution in [0.5, 0.6) is 0 Å². The normalized spacial score (nSPS) is 10.7. The topological polar surface area (TPSA) is 54.0 Å². The Hall–Kier alpha value is -3.14. The molecular weight excluding hydrogens is 346 g/mol. The van der Waals surface area contributed by atoms with E-state index in [4.69, 9.17) is 0 Å². The van der Waals surface area contributed by atoms with Gasteiger partial charge in [0.05, 0.1) is 11.3 Å². The van der Waals surface area contributed by atoms with Crippen molar-refractivity contribution in [1.29, 1.82) is 0 Å². The lowest BCUT2D eigenvalue weighted by Crippen LogP contribution is -2.14. The molecule has 0 unspecified atom stereocenters. The Bertz CT molecular complexity index is 906. The van der Waals surface area contributed by atoms with Crippen molar-refractivity contribution in [2.45, 2.75) is 32.6 Å². The lowest BCUT2D eigenvalue weighted by Gasteiger charge is -2.14. The number of hydrogen-bond acceptors (Lipinski definition) is 3. The fraction of sp³-hybridized carbons (Fsp3) is 0.250. The van der Waals surface area contributed by atoms with E-state index in [1.54, 1.807) is 12.4 Å². The molecule has 2 N–H and O–H groups in total. The number of anilines is 2. The van der Waals surface area contributed by atoms with Gasteiger partial charge in [-0.05, 0) is 42.0 Å². The molecule has 0 saturated heterocycles. The van der Waals surface area contributed by atoms with Crippen molar-refractivity contribution in [3.63, 3.8) is 0 Å². The molecule has 3 aromatic rings. The molecule has 4 heteroatoms. The highest BCUT2D eigenvalue weighted by Crippen LogP contribution is 2.24. The largest absolute Gasteiger partial charge is 0.384 e. The summed E-state index contributed by atoms with van der Waals surface area (Å²) in [5.74, 6) is 0.195. The number of amides is 1. The molecule has 4 nitrogen and oxygen atoms in total. The second-order valence-corrected chi connectivity index (χ2v) is 7.17. The molecule has 0 atom stereocenters. The molecule has 0 radical (unpaired) electrons. The number of carbonyl (C=O) groups is 1. The molecule has 1 amide bonds. The van der Waals surface area contributed by atoms with Gasteiger partial charge in [0.1, 0.15) is 0 Å². The summed E-state index contributed by atoms with van der Waals surface area (Å²) in [4.78, 5) is 16.9. The number of aromatic nitrogens is 1. The Morgan fingerprint density at radius 1 is 1.00 bits per heavy atom. The second-order valence-electron chi connectivity index (χ2n) is 7.17. The fourth-order valence-electron chi connectivity index (χ4n) is 3.14. The fourth-order valence-corrected chi connectivity index (χ4v) is 3.14. The summed E-state index contributed by atoms with van der Waals surface area (Å²) in [6.07, 6.45) is 5.39.